The number of alkyl halides is 20. The number of rotatable bonds is 5. The van der Waals surface area contributed by atoms with Crippen molar-refractivity contribution in [3.8, 4) is 0 Å². The van der Waals surface area contributed by atoms with Crippen LogP contribution in [0.3, 0.4) is 0 Å². The minimum atomic E-state index is -8.51. The van der Waals surface area contributed by atoms with Crippen molar-refractivity contribution in [2.45, 2.75) is 65.4 Å². The van der Waals surface area contributed by atoms with Gasteiger partial charge in [-0.2, -0.15) is 65.9 Å². The van der Waals surface area contributed by atoms with Gasteiger partial charge in [0.2, 0.25) is 0 Å². The number of hydrogen-bond donors (Lipinski definition) is 0. The van der Waals surface area contributed by atoms with Crippen LogP contribution in [0.1, 0.15) is 6.42 Å². The van der Waals surface area contributed by atoms with E-state index in [0.29, 0.717) is 0 Å². The summed E-state index contributed by atoms with van der Waals surface area (Å²) in [4.78, 5) is 0. The van der Waals surface area contributed by atoms with E-state index >= 15 is 0 Å². The molecule has 0 saturated heterocycles. The van der Waals surface area contributed by atoms with E-state index in [-0.39, 0.29) is 0 Å². The van der Waals surface area contributed by atoms with Crippen molar-refractivity contribution < 1.29 is 87.8 Å². The normalized spacial score (nSPS) is 31.5. The molecule has 0 bridgehead atoms. The summed E-state index contributed by atoms with van der Waals surface area (Å²) in [6.45, 7) is -4.00. The Hall–Kier alpha value is -1.40. The molecule has 0 radical (unpaired) electrons. The Bertz CT molecular complexity index is 731. The van der Waals surface area contributed by atoms with Crippen LogP contribution in [0.2, 0.25) is 0 Å². The Kier molecular flexibility index (Phi) is 5.90. The molecule has 0 heterocycles. The predicted molar refractivity (Wildman–Crippen MR) is 59.0 cm³/mol. The maximum absolute atomic E-state index is 14.2. The molecular formula is C12H4F20. The molecule has 0 aromatic rings. The van der Waals surface area contributed by atoms with Crippen LogP contribution in [-0.4, -0.2) is 65.6 Å². The SMILES string of the molecule is FCC(F)(F)C(F)(F)C(F)(F)C(F)(F)C1(F)CC(F)(F)C(F)(C(F)(F)F)C(F)(F)C1(F)F. The highest BCUT2D eigenvalue weighted by atomic mass is 19.4. The van der Waals surface area contributed by atoms with Gasteiger partial charge in [-0.05, 0) is 0 Å². The highest BCUT2D eigenvalue weighted by Gasteiger charge is 3.02. The molecule has 1 fully saturated rings. The smallest absolute Gasteiger partial charge is 0.244 e. The van der Waals surface area contributed by atoms with Crippen LogP contribution in [0.25, 0.3) is 0 Å². The first-order valence-electron chi connectivity index (χ1n) is 7.17. The van der Waals surface area contributed by atoms with E-state index in [1.54, 1.807) is 0 Å². The average molecular weight is 528 g/mol. The summed E-state index contributed by atoms with van der Waals surface area (Å²) in [5, 5.41) is 0. The summed E-state index contributed by atoms with van der Waals surface area (Å²) in [7, 11) is 0. The highest BCUT2D eigenvalue weighted by molar-refractivity contribution is 5.29. The maximum atomic E-state index is 14.2. The van der Waals surface area contributed by atoms with E-state index in [9.17, 15) is 87.8 Å². The zero-order valence-corrected chi connectivity index (χ0v) is 14.0. The van der Waals surface area contributed by atoms with E-state index in [2.05, 4.69) is 0 Å². The van der Waals surface area contributed by atoms with E-state index in [1.165, 1.54) is 0 Å². The van der Waals surface area contributed by atoms with Gasteiger partial charge in [-0.15, -0.1) is 0 Å². The van der Waals surface area contributed by atoms with Crippen LogP contribution in [0.15, 0.2) is 0 Å². The Morgan fingerprint density at radius 3 is 1.25 bits per heavy atom. The first kappa shape index (κ1) is 28.6. The summed E-state index contributed by atoms with van der Waals surface area (Å²) in [5.74, 6) is -56.2. The zero-order valence-electron chi connectivity index (χ0n) is 14.0. The molecule has 20 heteroatoms. The minimum absolute atomic E-state index is 4.00. The zero-order chi connectivity index (χ0) is 26.4. The van der Waals surface area contributed by atoms with Crippen molar-refractivity contribution >= 4 is 0 Å². The lowest BCUT2D eigenvalue weighted by Gasteiger charge is -2.54. The maximum Gasteiger partial charge on any atom is 0.434 e. The highest BCUT2D eigenvalue weighted by Crippen LogP contribution is 2.72. The second-order valence-electron chi connectivity index (χ2n) is 6.55. The van der Waals surface area contributed by atoms with Gasteiger partial charge >= 0.3 is 53.3 Å². The van der Waals surface area contributed by atoms with Crippen molar-refractivity contribution in [3.63, 3.8) is 0 Å². The Morgan fingerprint density at radius 2 is 0.938 bits per heavy atom. The van der Waals surface area contributed by atoms with Crippen LogP contribution in [0, 0.1) is 0 Å². The molecule has 32 heavy (non-hydrogen) atoms. The Morgan fingerprint density at radius 1 is 0.562 bits per heavy atom. The van der Waals surface area contributed by atoms with Crippen molar-refractivity contribution in [1.29, 1.82) is 0 Å². The minimum Gasteiger partial charge on any atom is -0.244 e. The van der Waals surface area contributed by atoms with Gasteiger partial charge in [-0.3, -0.25) is 0 Å². The molecule has 1 aliphatic rings. The molecular weight excluding hydrogens is 524 g/mol. The Balaban J connectivity index is 3.97. The summed E-state index contributed by atoms with van der Waals surface area (Å²) in [5.41, 5.74) is -15.9. The van der Waals surface area contributed by atoms with Gasteiger partial charge in [-0.1, -0.05) is 0 Å². The van der Waals surface area contributed by atoms with Crippen molar-refractivity contribution in [3.05, 3.63) is 0 Å². The summed E-state index contributed by atoms with van der Waals surface area (Å²) in [6, 6.07) is 0. The lowest BCUT2D eigenvalue weighted by molar-refractivity contribution is -0.481. The Labute approximate surface area is 161 Å². The lowest BCUT2D eigenvalue weighted by atomic mass is 9.65. The molecule has 0 aliphatic heterocycles. The molecule has 1 saturated carbocycles. The molecule has 0 aromatic carbocycles. The fourth-order valence-corrected chi connectivity index (χ4v) is 2.69. The first-order valence-corrected chi connectivity index (χ1v) is 7.17. The van der Waals surface area contributed by atoms with E-state index in [1.807, 2.05) is 0 Å². The molecule has 0 aromatic heterocycles. The summed E-state index contributed by atoms with van der Waals surface area (Å²) >= 11 is 0. The molecule has 0 amide bonds. The molecule has 1 aliphatic carbocycles. The van der Waals surface area contributed by atoms with Gasteiger partial charge < -0.3 is 0 Å². The topological polar surface area (TPSA) is 0 Å². The van der Waals surface area contributed by atoms with Gasteiger partial charge in [0.1, 0.15) is 0 Å². The van der Waals surface area contributed by atoms with Crippen LogP contribution in [0.5, 0.6) is 0 Å². The number of halogens is 20. The van der Waals surface area contributed by atoms with Crippen LogP contribution in [0.4, 0.5) is 87.8 Å². The molecule has 0 nitrogen and oxygen atoms in total. The average Bonchev–Trinajstić information content (AvgIpc) is 2.57. The standard InChI is InChI=1S/C12H4F20/c13-2-5(17,18)9(24,25)11(28,29)8(22,23)3(14)1-4(15,16)6(19,12(30,31)32)10(26,27)7(3,20)21/h1-2H2. The molecule has 2 unspecified atom stereocenters. The van der Waals surface area contributed by atoms with Gasteiger partial charge in [-0.25, -0.2) is 22.0 Å². The number of hydrogen-bond acceptors (Lipinski definition) is 0. The van der Waals surface area contributed by atoms with Gasteiger partial charge in [0.25, 0.3) is 5.67 Å². The van der Waals surface area contributed by atoms with Crippen LogP contribution >= 0.6 is 0 Å². The van der Waals surface area contributed by atoms with Crippen molar-refractivity contribution in [2.75, 3.05) is 6.67 Å². The molecule has 192 valence electrons. The predicted octanol–water partition coefficient (Wildman–Crippen LogP) is 6.79. The quantitative estimate of drug-likeness (QED) is 0.345. The third-order valence-electron chi connectivity index (χ3n) is 4.60. The second-order valence-corrected chi connectivity index (χ2v) is 6.55. The van der Waals surface area contributed by atoms with E-state index in [4.69, 9.17) is 0 Å². The van der Waals surface area contributed by atoms with Gasteiger partial charge in [0.05, 0.1) is 6.42 Å². The molecule has 0 spiro atoms. The fraction of sp³-hybridized carbons (Fsp3) is 1.00. The van der Waals surface area contributed by atoms with Crippen molar-refractivity contribution in [2.24, 2.45) is 0 Å². The van der Waals surface area contributed by atoms with Crippen molar-refractivity contribution in [1.82, 2.24) is 0 Å². The third-order valence-corrected chi connectivity index (χ3v) is 4.60. The molecule has 2 atom stereocenters. The van der Waals surface area contributed by atoms with Gasteiger partial charge in [0, 0.05) is 0 Å². The molecule has 1 rings (SSSR count). The molecule has 0 N–H and O–H groups in total. The van der Waals surface area contributed by atoms with Crippen LogP contribution in [-0.2, 0) is 0 Å². The summed E-state index contributed by atoms with van der Waals surface area (Å²) in [6.07, 6.45) is -12.8. The van der Waals surface area contributed by atoms with Crippen LogP contribution < -0.4 is 0 Å². The second kappa shape index (κ2) is 6.59. The lowest BCUT2D eigenvalue weighted by Crippen LogP contribution is -2.85. The van der Waals surface area contributed by atoms with E-state index < -0.39 is 72.1 Å². The van der Waals surface area contributed by atoms with Gasteiger partial charge in [0.15, 0.2) is 6.67 Å². The fourth-order valence-electron chi connectivity index (χ4n) is 2.69. The largest absolute Gasteiger partial charge is 0.434 e. The first-order chi connectivity index (χ1) is 13.5. The summed E-state index contributed by atoms with van der Waals surface area (Å²) < 4.78 is 264. The third kappa shape index (κ3) is 2.78. The van der Waals surface area contributed by atoms with E-state index in [0.717, 1.165) is 0 Å². The monoisotopic (exact) mass is 528 g/mol.